The van der Waals surface area contributed by atoms with Crippen molar-refractivity contribution >= 4 is 46.0 Å². The fourth-order valence-electron chi connectivity index (χ4n) is 0.607. The molecule has 0 aliphatic rings. The van der Waals surface area contributed by atoms with Crippen LogP contribution >= 0.6 is 34.2 Å². The molecule has 0 heterocycles. The molecule has 0 N–H and O–H groups in total. The average Bonchev–Trinajstić information content (AvgIpc) is 1.98. The molecule has 0 aromatic heterocycles. The van der Waals surface area contributed by atoms with Gasteiger partial charge in [-0.15, -0.1) is 0 Å². The molecule has 2 nitrogen and oxygen atoms in total. The van der Waals surface area contributed by atoms with Gasteiger partial charge in [-0.1, -0.05) is 11.6 Å². The SMILES string of the molecule is O=C=Nc1ccc(Cl)c(I)c1. The first kappa shape index (κ1) is 8.71. The minimum atomic E-state index is 0.578. The Morgan fingerprint density at radius 1 is 1.55 bits per heavy atom. The van der Waals surface area contributed by atoms with Gasteiger partial charge in [0.2, 0.25) is 6.08 Å². The molecule has 0 spiro atoms. The zero-order chi connectivity index (χ0) is 8.27. The van der Waals surface area contributed by atoms with Gasteiger partial charge in [-0.2, -0.15) is 4.99 Å². The number of carbonyl (C=O) groups excluding carboxylic acids is 1. The lowest BCUT2D eigenvalue weighted by Crippen LogP contribution is -1.71. The molecule has 0 atom stereocenters. The maximum atomic E-state index is 9.84. The molecule has 1 rings (SSSR count). The highest BCUT2D eigenvalue weighted by atomic mass is 127. The number of hydrogen-bond acceptors (Lipinski definition) is 2. The number of halogens is 2. The van der Waals surface area contributed by atoms with Gasteiger partial charge in [0.25, 0.3) is 0 Å². The molecule has 0 bridgehead atoms. The predicted octanol–water partition coefficient (Wildman–Crippen LogP) is 2.91. The summed E-state index contributed by atoms with van der Waals surface area (Å²) in [5, 5.41) is 0.662. The van der Waals surface area contributed by atoms with E-state index in [4.69, 9.17) is 11.6 Å². The quantitative estimate of drug-likeness (QED) is 0.441. The molecule has 0 amide bonds. The van der Waals surface area contributed by atoms with Crippen LogP contribution in [-0.2, 0) is 4.79 Å². The second-order valence-electron chi connectivity index (χ2n) is 1.80. The van der Waals surface area contributed by atoms with Crippen molar-refractivity contribution in [3.05, 3.63) is 26.8 Å². The van der Waals surface area contributed by atoms with Crippen LogP contribution in [0.5, 0.6) is 0 Å². The van der Waals surface area contributed by atoms with Gasteiger partial charge in [0.1, 0.15) is 0 Å². The summed E-state index contributed by atoms with van der Waals surface area (Å²) in [7, 11) is 0. The van der Waals surface area contributed by atoms with Gasteiger partial charge in [-0.05, 0) is 40.8 Å². The van der Waals surface area contributed by atoms with Gasteiger partial charge in [-0.3, -0.25) is 0 Å². The summed E-state index contributed by atoms with van der Waals surface area (Å²) in [6.07, 6.45) is 1.46. The van der Waals surface area contributed by atoms with E-state index in [0.717, 1.165) is 3.57 Å². The van der Waals surface area contributed by atoms with E-state index in [-0.39, 0.29) is 0 Å². The van der Waals surface area contributed by atoms with Crippen molar-refractivity contribution in [2.24, 2.45) is 4.99 Å². The molecule has 0 unspecified atom stereocenters. The van der Waals surface area contributed by atoms with Crippen molar-refractivity contribution in [2.45, 2.75) is 0 Å². The zero-order valence-electron chi connectivity index (χ0n) is 5.34. The van der Waals surface area contributed by atoms with E-state index in [1.54, 1.807) is 18.2 Å². The standard InChI is InChI=1S/C7H3ClINO/c8-6-2-1-5(10-4-11)3-7(6)9/h1-3H. The molecule has 11 heavy (non-hydrogen) atoms. The summed E-state index contributed by atoms with van der Waals surface area (Å²) in [6.45, 7) is 0. The van der Waals surface area contributed by atoms with Crippen LogP contribution in [0.4, 0.5) is 5.69 Å². The number of hydrogen-bond donors (Lipinski definition) is 0. The third-order valence-corrected chi connectivity index (χ3v) is 2.62. The van der Waals surface area contributed by atoms with Crippen LogP contribution in [0.25, 0.3) is 0 Å². The predicted molar refractivity (Wildman–Crippen MR) is 52.0 cm³/mol. The van der Waals surface area contributed by atoms with Crippen LogP contribution in [-0.4, -0.2) is 6.08 Å². The van der Waals surface area contributed by atoms with E-state index >= 15 is 0 Å². The number of isocyanates is 1. The van der Waals surface area contributed by atoms with Crippen molar-refractivity contribution < 1.29 is 4.79 Å². The number of benzene rings is 1. The molecular formula is C7H3ClINO. The van der Waals surface area contributed by atoms with E-state index in [0.29, 0.717) is 10.7 Å². The van der Waals surface area contributed by atoms with Crippen molar-refractivity contribution in [1.29, 1.82) is 0 Å². The summed E-state index contributed by atoms with van der Waals surface area (Å²) in [5.74, 6) is 0. The Balaban J connectivity index is 3.14. The summed E-state index contributed by atoms with van der Waals surface area (Å²) in [6, 6.07) is 5.07. The highest BCUT2D eigenvalue weighted by Gasteiger charge is 1.96. The van der Waals surface area contributed by atoms with Crippen molar-refractivity contribution in [1.82, 2.24) is 0 Å². The first-order valence-corrected chi connectivity index (χ1v) is 4.22. The number of nitrogens with zero attached hydrogens (tertiary/aromatic N) is 1. The fourth-order valence-corrected chi connectivity index (χ4v) is 1.22. The van der Waals surface area contributed by atoms with Crippen molar-refractivity contribution in [2.75, 3.05) is 0 Å². The van der Waals surface area contributed by atoms with Crippen molar-refractivity contribution in [3.8, 4) is 0 Å². The summed E-state index contributed by atoms with van der Waals surface area (Å²) >= 11 is 7.80. The third-order valence-electron chi connectivity index (χ3n) is 1.08. The van der Waals surface area contributed by atoms with E-state index in [1.807, 2.05) is 0 Å². The maximum Gasteiger partial charge on any atom is 0.240 e. The first-order valence-electron chi connectivity index (χ1n) is 2.77. The Morgan fingerprint density at radius 2 is 2.27 bits per heavy atom. The van der Waals surface area contributed by atoms with Crippen molar-refractivity contribution in [3.63, 3.8) is 0 Å². The Morgan fingerprint density at radius 3 is 2.82 bits per heavy atom. The zero-order valence-corrected chi connectivity index (χ0v) is 8.26. The van der Waals surface area contributed by atoms with Gasteiger partial charge < -0.3 is 0 Å². The lowest BCUT2D eigenvalue weighted by molar-refractivity contribution is 0.565. The second-order valence-corrected chi connectivity index (χ2v) is 3.37. The molecule has 0 saturated heterocycles. The molecular weight excluding hydrogens is 276 g/mol. The molecule has 1 aromatic carbocycles. The minimum absolute atomic E-state index is 0.578. The Kier molecular flexibility index (Phi) is 3.05. The van der Waals surface area contributed by atoms with Crippen LogP contribution in [0.3, 0.4) is 0 Å². The third kappa shape index (κ3) is 2.29. The molecule has 1 aromatic rings. The molecule has 0 fully saturated rings. The second kappa shape index (κ2) is 3.85. The molecule has 0 radical (unpaired) electrons. The van der Waals surface area contributed by atoms with Crippen LogP contribution in [0, 0.1) is 3.57 Å². The average molecular weight is 279 g/mol. The monoisotopic (exact) mass is 279 g/mol. The maximum absolute atomic E-state index is 9.84. The van der Waals surface area contributed by atoms with Gasteiger partial charge in [-0.25, -0.2) is 4.79 Å². The molecule has 0 aliphatic heterocycles. The summed E-state index contributed by atoms with van der Waals surface area (Å²) in [5.41, 5.74) is 0.578. The van der Waals surface area contributed by atoms with Crippen LogP contribution in [0.2, 0.25) is 5.02 Å². The smallest absolute Gasteiger partial charge is 0.211 e. The Bertz CT molecular complexity index is 320. The largest absolute Gasteiger partial charge is 0.240 e. The van der Waals surface area contributed by atoms with Gasteiger partial charge in [0.05, 0.1) is 10.7 Å². The summed E-state index contributed by atoms with van der Waals surface area (Å²) in [4.78, 5) is 13.3. The Labute approximate surface area is 82.4 Å². The normalized spacial score (nSPS) is 8.91. The van der Waals surface area contributed by atoms with E-state index in [1.165, 1.54) is 6.08 Å². The topological polar surface area (TPSA) is 29.4 Å². The summed E-state index contributed by atoms with van der Waals surface area (Å²) < 4.78 is 0.876. The first-order chi connectivity index (χ1) is 5.24. The lowest BCUT2D eigenvalue weighted by atomic mass is 10.3. The molecule has 56 valence electrons. The minimum Gasteiger partial charge on any atom is -0.211 e. The number of aliphatic imine (C=N–C) groups is 1. The van der Waals surface area contributed by atoms with E-state index in [2.05, 4.69) is 27.6 Å². The molecule has 4 heteroatoms. The lowest BCUT2D eigenvalue weighted by Gasteiger charge is -1.94. The van der Waals surface area contributed by atoms with Gasteiger partial charge in [0, 0.05) is 3.57 Å². The number of rotatable bonds is 1. The van der Waals surface area contributed by atoms with E-state index < -0.39 is 0 Å². The molecule has 0 saturated carbocycles. The molecule has 0 aliphatic carbocycles. The van der Waals surface area contributed by atoms with E-state index in [9.17, 15) is 4.79 Å². The van der Waals surface area contributed by atoms with Crippen LogP contribution in [0.15, 0.2) is 23.2 Å². The Hall–Kier alpha value is -0.380. The highest BCUT2D eigenvalue weighted by molar-refractivity contribution is 14.1. The highest BCUT2D eigenvalue weighted by Crippen LogP contribution is 2.23. The van der Waals surface area contributed by atoms with Crippen LogP contribution in [0.1, 0.15) is 0 Å². The van der Waals surface area contributed by atoms with Gasteiger partial charge >= 0.3 is 0 Å². The fraction of sp³-hybridized carbons (Fsp3) is 0. The van der Waals surface area contributed by atoms with Gasteiger partial charge in [0.15, 0.2) is 0 Å². The van der Waals surface area contributed by atoms with Crippen LogP contribution < -0.4 is 0 Å².